The van der Waals surface area contributed by atoms with Crippen LogP contribution in [-0.4, -0.2) is 51.6 Å². The first kappa shape index (κ1) is 23.8. The highest BCUT2D eigenvalue weighted by Gasteiger charge is 2.25. The van der Waals surface area contributed by atoms with Crippen molar-refractivity contribution in [2.24, 2.45) is 0 Å². The SMILES string of the molecule is Cc1ccc(NC(=O)c2csc(C3CCN(C(=S)NCC(=O)O)CC3)n2)c(-c2ccccc2)c1. The average Bonchev–Trinajstić information content (AvgIpc) is 3.35. The molecule has 0 saturated carbocycles. The van der Waals surface area contributed by atoms with Crippen LogP contribution in [0.4, 0.5) is 5.69 Å². The Labute approximate surface area is 207 Å². The van der Waals surface area contributed by atoms with E-state index in [1.54, 1.807) is 0 Å². The minimum absolute atomic E-state index is 0.184. The molecule has 0 spiro atoms. The van der Waals surface area contributed by atoms with E-state index >= 15 is 0 Å². The molecule has 2 aromatic carbocycles. The summed E-state index contributed by atoms with van der Waals surface area (Å²) in [5, 5.41) is 17.8. The summed E-state index contributed by atoms with van der Waals surface area (Å²) in [4.78, 5) is 30.3. The van der Waals surface area contributed by atoms with Crippen molar-refractivity contribution in [3.63, 3.8) is 0 Å². The van der Waals surface area contributed by atoms with Crippen molar-refractivity contribution in [1.29, 1.82) is 0 Å². The maximum atomic E-state index is 13.0. The van der Waals surface area contributed by atoms with Gasteiger partial charge in [-0.05, 0) is 49.7 Å². The van der Waals surface area contributed by atoms with Gasteiger partial charge in [0.05, 0.1) is 5.01 Å². The predicted octanol–water partition coefficient (Wildman–Crippen LogP) is 4.51. The summed E-state index contributed by atoms with van der Waals surface area (Å²) in [6.45, 7) is 3.30. The molecule has 0 radical (unpaired) electrons. The van der Waals surface area contributed by atoms with E-state index in [1.165, 1.54) is 11.3 Å². The van der Waals surface area contributed by atoms with Gasteiger partial charge in [0.25, 0.3) is 5.91 Å². The van der Waals surface area contributed by atoms with Crippen LogP contribution < -0.4 is 10.6 Å². The molecule has 34 heavy (non-hydrogen) atoms. The van der Waals surface area contributed by atoms with E-state index in [0.717, 1.165) is 53.3 Å². The number of amides is 1. The number of hydrogen-bond acceptors (Lipinski definition) is 5. The highest BCUT2D eigenvalue weighted by atomic mass is 32.1. The minimum atomic E-state index is -0.938. The molecule has 9 heteroatoms. The van der Waals surface area contributed by atoms with Crippen LogP contribution in [0.25, 0.3) is 11.1 Å². The fourth-order valence-electron chi connectivity index (χ4n) is 3.98. The number of nitrogens with zero attached hydrogens (tertiary/aromatic N) is 2. The maximum Gasteiger partial charge on any atom is 0.322 e. The lowest BCUT2D eigenvalue weighted by Gasteiger charge is -2.32. The van der Waals surface area contributed by atoms with Crippen molar-refractivity contribution >= 4 is 46.2 Å². The van der Waals surface area contributed by atoms with Gasteiger partial charge in [0.2, 0.25) is 0 Å². The summed E-state index contributed by atoms with van der Waals surface area (Å²) >= 11 is 6.79. The van der Waals surface area contributed by atoms with E-state index in [1.807, 2.05) is 59.7 Å². The van der Waals surface area contributed by atoms with Gasteiger partial charge in [-0.15, -0.1) is 11.3 Å². The van der Waals surface area contributed by atoms with Crippen molar-refractivity contribution < 1.29 is 14.7 Å². The van der Waals surface area contributed by atoms with Crippen LogP contribution in [0.2, 0.25) is 0 Å². The third-order valence-electron chi connectivity index (χ3n) is 5.78. The second-order valence-electron chi connectivity index (χ2n) is 8.25. The van der Waals surface area contributed by atoms with Gasteiger partial charge in [0.15, 0.2) is 5.11 Å². The Morgan fingerprint density at radius 1 is 1.18 bits per heavy atom. The zero-order chi connectivity index (χ0) is 24.1. The maximum absolute atomic E-state index is 13.0. The van der Waals surface area contributed by atoms with E-state index in [-0.39, 0.29) is 18.4 Å². The number of carboxylic acid groups (broad SMARTS) is 1. The van der Waals surface area contributed by atoms with Crippen LogP contribution in [0.15, 0.2) is 53.9 Å². The second kappa shape index (κ2) is 10.8. The molecule has 1 aromatic heterocycles. The summed E-state index contributed by atoms with van der Waals surface area (Å²) in [6, 6.07) is 16.0. The molecule has 1 amide bonds. The van der Waals surface area contributed by atoms with Gasteiger partial charge in [0, 0.05) is 35.6 Å². The van der Waals surface area contributed by atoms with Crippen LogP contribution in [0.5, 0.6) is 0 Å². The number of carboxylic acids is 1. The zero-order valence-corrected chi connectivity index (χ0v) is 20.4. The molecule has 1 aliphatic heterocycles. The van der Waals surface area contributed by atoms with Gasteiger partial charge in [-0.3, -0.25) is 9.59 Å². The number of aryl methyl sites for hydroxylation is 1. The molecule has 2 heterocycles. The van der Waals surface area contributed by atoms with Crippen LogP contribution >= 0.6 is 23.6 Å². The molecule has 1 aliphatic rings. The molecular weight excluding hydrogens is 468 g/mol. The number of hydrogen-bond donors (Lipinski definition) is 3. The number of thiazole rings is 1. The Hall–Kier alpha value is -3.30. The molecule has 0 aliphatic carbocycles. The first-order valence-electron chi connectivity index (χ1n) is 11.1. The molecule has 3 aromatic rings. The molecule has 0 atom stereocenters. The van der Waals surface area contributed by atoms with Crippen molar-refractivity contribution in [2.75, 3.05) is 25.0 Å². The fourth-order valence-corrected chi connectivity index (χ4v) is 5.21. The van der Waals surface area contributed by atoms with E-state index in [2.05, 4.69) is 21.7 Å². The summed E-state index contributed by atoms with van der Waals surface area (Å²) < 4.78 is 0. The number of piperidine rings is 1. The van der Waals surface area contributed by atoms with E-state index in [0.29, 0.717) is 10.8 Å². The largest absolute Gasteiger partial charge is 0.480 e. The second-order valence-corrected chi connectivity index (χ2v) is 9.53. The zero-order valence-electron chi connectivity index (χ0n) is 18.8. The van der Waals surface area contributed by atoms with Crippen LogP contribution in [0, 0.1) is 6.92 Å². The summed E-state index contributed by atoms with van der Waals surface area (Å²) in [6.07, 6.45) is 1.69. The topological polar surface area (TPSA) is 94.6 Å². The van der Waals surface area contributed by atoms with E-state index < -0.39 is 5.97 Å². The Kier molecular flexibility index (Phi) is 7.54. The molecule has 1 saturated heterocycles. The standard InChI is InChI=1S/C25H26N4O3S2/c1-16-7-8-20(19(13-16)17-5-3-2-4-6-17)27-23(32)21-15-34-24(28-21)18-9-11-29(12-10-18)25(33)26-14-22(30)31/h2-8,13,15,18H,9-12,14H2,1H3,(H,26,33)(H,27,32)(H,30,31). The number of benzene rings is 2. The molecule has 7 nitrogen and oxygen atoms in total. The number of anilines is 1. The van der Waals surface area contributed by atoms with Gasteiger partial charge >= 0.3 is 5.97 Å². The third-order valence-corrected chi connectivity index (χ3v) is 7.19. The molecular formula is C25H26N4O3S2. The van der Waals surface area contributed by atoms with Gasteiger partial charge < -0.3 is 20.6 Å². The first-order chi connectivity index (χ1) is 16.4. The number of thiocarbonyl (C=S) groups is 1. The molecule has 0 unspecified atom stereocenters. The number of aliphatic carboxylic acids is 1. The Bertz CT molecular complexity index is 1190. The summed E-state index contributed by atoms with van der Waals surface area (Å²) in [5.41, 5.74) is 4.32. The lowest BCUT2D eigenvalue weighted by Crippen LogP contribution is -2.45. The number of likely N-dealkylation sites (tertiary alicyclic amines) is 1. The van der Waals surface area contributed by atoms with Crippen molar-refractivity contribution in [3.05, 3.63) is 70.2 Å². The fraction of sp³-hybridized carbons (Fsp3) is 0.280. The normalized spacial score (nSPS) is 14.0. The highest BCUT2D eigenvalue weighted by molar-refractivity contribution is 7.80. The summed E-state index contributed by atoms with van der Waals surface area (Å²) in [5.74, 6) is -0.906. The van der Waals surface area contributed by atoms with Crippen molar-refractivity contribution in [3.8, 4) is 11.1 Å². The monoisotopic (exact) mass is 494 g/mol. The van der Waals surface area contributed by atoms with E-state index in [9.17, 15) is 9.59 Å². The number of rotatable bonds is 6. The Morgan fingerprint density at radius 2 is 1.91 bits per heavy atom. The van der Waals surface area contributed by atoms with Gasteiger partial charge in [0.1, 0.15) is 12.2 Å². The smallest absolute Gasteiger partial charge is 0.322 e. The quantitative estimate of drug-likeness (QED) is 0.434. The van der Waals surface area contributed by atoms with Crippen LogP contribution in [0.3, 0.4) is 0 Å². The van der Waals surface area contributed by atoms with Gasteiger partial charge in [-0.25, -0.2) is 4.98 Å². The van der Waals surface area contributed by atoms with E-state index in [4.69, 9.17) is 17.3 Å². The number of aromatic nitrogens is 1. The Balaban J connectivity index is 1.40. The lowest BCUT2D eigenvalue weighted by atomic mass is 9.98. The van der Waals surface area contributed by atoms with Crippen LogP contribution in [-0.2, 0) is 4.79 Å². The third kappa shape index (κ3) is 5.78. The highest BCUT2D eigenvalue weighted by Crippen LogP contribution is 2.32. The average molecular weight is 495 g/mol. The Morgan fingerprint density at radius 3 is 2.62 bits per heavy atom. The van der Waals surface area contributed by atoms with Crippen LogP contribution in [0.1, 0.15) is 39.8 Å². The van der Waals surface area contributed by atoms with Gasteiger partial charge in [-0.1, -0.05) is 42.0 Å². The molecule has 1 fully saturated rings. The van der Waals surface area contributed by atoms with Gasteiger partial charge in [-0.2, -0.15) is 0 Å². The van der Waals surface area contributed by atoms with Crippen molar-refractivity contribution in [1.82, 2.24) is 15.2 Å². The number of nitrogens with one attached hydrogen (secondary N) is 2. The predicted molar refractivity (Wildman–Crippen MR) is 138 cm³/mol. The molecule has 3 N–H and O–H groups in total. The summed E-state index contributed by atoms with van der Waals surface area (Å²) in [7, 11) is 0. The molecule has 0 bridgehead atoms. The lowest BCUT2D eigenvalue weighted by molar-refractivity contribution is -0.135. The molecule has 176 valence electrons. The number of carbonyl (C=O) groups is 2. The minimum Gasteiger partial charge on any atom is -0.480 e. The number of carbonyl (C=O) groups excluding carboxylic acids is 1. The molecule has 4 rings (SSSR count). The first-order valence-corrected chi connectivity index (χ1v) is 12.4. The van der Waals surface area contributed by atoms with Crippen molar-refractivity contribution in [2.45, 2.75) is 25.7 Å².